The predicted octanol–water partition coefficient (Wildman–Crippen LogP) is 2.75. The first kappa shape index (κ1) is 12.3. The fraction of sp³-hybridized carbons (Fsp3) is 0.667. The summed E-state index contributed by atoms with van der Waals surface area (Å²) >= 11 is 0. The van der Waals surface area contributed by atoms with E-state index in [-0.39, 0.29) is 12.1 Å². The number of furan rings is 1. The fourth-order valence-corrected chi connectivity index (χ4v) is 1.63. The summed E-state index contributed by atoms with van der Waals surface area (Å²) in [6, 6.07) is 4.05. The molecule has 0 radical (unpaired) electrons. The van der Waals surface area contributed by atoms with E-state index in [1.54, 1.807) is 6.26 Å². The van der Waals surface area contributed by atoms with Gasteiger partial charge < -0.3 is 14.5 Å². The topological polar surface area (TPSA) is 34.4 Å². The van der Waals surface area contributed by atoms with Crippen LogP contribution >= 0.6 is 0 Å². The van der Waals surface area contributed by atoms with Crippen LogP contribution < -0.4 is 5.32 Å². The molecule has 1 aromatic heterocycles. The molecule has 15 heavy (non-hydrogen) atoms. The first-order valence-electron chi connectivity index (χ1n) is 5.68. The van der Waals surface area contributed by atoms with E-state index in [9.17, 15) is 0 Å². The predicted molar refractivity (Wildman–Crippen MR) is 60.8 cm³/mol. The largest absolute Gasteiger partial charge is 0.468 e. The summed E-state index contributed by atoms with van der Waals surface area (Å²) in [4.78, 5) is 0. The van der Waals surface area contributed by atoms with Crippen molar-refractivity contribution in [3.63, 3.8) is 0 Å². The second-order valence-corrected chi connectivity index (χ2v) is 3.61. The lowest BCUT2D eigenvalue weighted by Crippen LogP contribution is -2.32. The van der Waals surface area contributed by atoms with Crippen molar-refractivity contribution in [3.05, 3.63) is 24.2 Å². The van der Waals surface area contributed by atoms with Gasteiger partial charge in [-0.25, -0.2) is 0 Å². The molecule has 0 aliphatic heterocycles. The summed E-state index contributed by atoms with van der Waals surface area (Å²) in [7, 11) is 0. The Balaban J connectivity index is 2.60. The Hall–Kier alpha value is -0.800. The van der Waals surface area contributed by atoms with E-state index < -0.39 is 0 Å². The maximum atomic E-state index is 5.60. The van der Waals surface area contributed by atoms with Crippen LogP contribution in [0.5, 0.6) is 0 Å². The Morgan fingerprint density at radius 2 is 2.27 bits per heavy atom. The highest BCUT2D eigenvalue weighted by atomic mass is 16.5. The summed E-state index contributed by atoms with van der Waals surface area (Å²) in [5, 5.41) is 3.44. The minimum atomic E-state index is 0.132. The van der Waals surface area contributed by atoms with Crippen LogP contribution in [-0.2, 0) is 4.74 Å². The zero-order valence-electron chi connectivity index (χ0n) is 9.82. The van der Waals surface area contributed by atoms with Crippen molar-refractivity contribution in [2.75, 3.05) is 13.2 Å². The SMILES string of the molecule is CCCNC(c1ccco1)C(C)OCC. The van der Waals surface area contributed by atoms with Gasteiger partial charge in [0.1, 0.15) is 5.76 Å². The smallest absolute Gasteiger partial charge is 0.123 e. The molecule has 0 aliphatic carbocycles. The molecule has 3 heteroatoms. The van der Waals surface area contributed by atoms with E-state index in [1.165, 1.54) is 0 Å². The standard InChI is InChI=1S/C12H21NO2/c1-4-8-13-12(10(3)14-5-2)11-7-6-9-15-11/h6-7,9-10,12-13H,4-5,8H2,1-3H3. The van der Waals surface area contributed by atoms with E-state index in [0.29, 0.717) is 0 Å². The Bertz CT molecular complexity index is 246. The Kier molecular flexibility index (Phi) is 5.43. The number of hydrogen-bond acceptors (Lipinski definition) is 3. The van der Waals surface area contributed by atoms with Gasteiger partial charge in [-0.3, -0.25) is 0 Å². The Morgan fingerprint density at radius 1 is 1.47 bits per heavy atom. The van der Waals surface area contributed by atoms with Gasteiger partial charge in [-0.15, -0.1) is 0 Å². The molecule has 1 aromatic rings. The van der Waals surface area contributed by atoms with Gasteiger partial charge in [-0.1, -0.05) is 6.92 Å². The molecule has 0 saturated heterocycles. The molecule has 0 saturated carbocycles. The first-order valence-corrected chi connectivity index (χ1v) is 5.68. The van der Waals surface area contributed by atoms with Crippen LogP contribution in [0.3, 0.4) is 0 Å². The molecule has 0 fully saturated rings. The van der Waals surface area contributed by atoms with Crippen molar-refractivity contribution in [1.82, 2.24) is 5.32 Å². The van der Waals surface area contributed by atoms with Crippen molar-refractivity contribution in [2.24, 2.45) is 0 Å². The Labute approximate surface area is 91.8 Å². The summed E-state index contributed by atoms with van der Waals surface area (Å²) in [5.74, 6) is 0.949. The average Bonchev–Trinajstić information content (AvgIpc) is 2.72. The van der Waals surface area contributed by atoms with Crippen molar-refractivity contribution >= 4 is 0 Å². The molecule has 1 N–H and O–H groups in total. The minimum absolute atomic E-state index is 0.132. The number of rotatable bonds is 7. The van der Waals surface area contributed by atoms with Crippen LogP contribution in [0.4, 0.5) is 0 Å². The molecule has 0 spiro atoms. The minimum Gasteiger partial charge on any atom is -0.468 e. The second-order valence-electron chi connectivity index (χ2n) is 3.61. The van der Waals surface area contributed by atoms with Crippen molar-refractivity contribution in [2.45, 2.75) is 39.3 Å². The molecular weight excluding hydrogens is 190 g/mol. The monoisotopic (exact) mass is 211 g/mol. The lowest BCUT2D eigenvalue weighted by atomic mass is 10.1. The van der Waals surface area contributed by atoms with Crippen LogP contribution in [0.1, 0.15) is 39.0 Å². The zero-order valence-corrected chi connectivity index (χ0v) is 9.82. The van der Waals surface area contributed by atoms with E-state index in [1.807, 2.05) is 19.1 Å². The summed E-state index contributed by atoms with van der Waals surface area (Å²) in [5.41, 5.74) is 0. The van der Waals surface area contributed by atoms with Crippen molar-refractivity contribution < 1.29 is 9.15 Å². The maximum absolute atomic E-state index is 5.60. The van der Waals surface area contributed by atoms with Gasteiger partial charge in [0, 0.05) is 6.61 Å². The van der Waals surface area contributed by atoms with E-state index >= 15 is 0 Å². The molecule has 3 nitrogen and oxygen atoms in total. The second kappa shape index (κ2) is 6.64. The fourth-order valence-electron chi connectivity index (χ4n) is 1.63. The molecule has 0 aromatic carbocycles. The first-order chi connectivity index (χ1) is 7.29. The van der Waals surface area contributed by atoms with E-state index in [4.69, 9.17) is 9.15 Å². The highest BCUT2D eigenvalue weighted by Crippen LogP contribution is 2.19. The van der Waals surface area contributed by atoms with Gasteiger partial charge >= 0.3 is 0 Å². The van der Waals surface area contributed by atoms with Gasteiger partial charge in [0.25, 0.3) is 0 Å². The number of nitrogens with one attached hydrogen (secondary N) is 1. The quantitative estimate of drug-likeness (QED) is 0.753. The summed E-state index contributed by atoms with van der Waals surface area (Å²) < 4.78 is 11.0. The molecular formula is C12H21NO2. The van der Waals surface area contributed by atoms with Gasteiger partial charge in [0.05, 0.1) is 18.4 Å². The maximum Gasteiger partial charge on any atom is 0.123 e. The van der Waals surface area contributed by atoms with Gasteiger partial charge in [0.15, 0.2) is 0 Å². The molecule has 0 amide bonds. The van der Waals surface area contributed by atoms with Crippen LogP contribution in [0, 0.1) is 0 Å². The summed E-state index contributed by atoms with van der Waals surface area (Å²) in [6.07, 6.45) is 2.94. The molecule has 2 unspecified atom stereocenters. The van der Waals surface area contributed by atoms with Crippen molar-refractivity contribution in [1.29, 1.82) is 0 Å². The third-order valence-electron chi connectivity index (χ3n) is 2.36. The molecule has 1 heterocycles. The van der Waals surface area contributed by atoms with E-state index in [2.05, 4.69) is 19.2 Å². The zero-order chi connectivity index (χ0) is 11.1. The highest BCUT2D eigenvalue weighted by Gasteiger charge is 2.20. The average molecular weight is 211 g/mol. The summed E-state index contributed by atoms with van der Waals surface area (Å²) in [6.45, 7) is 7.93. The van der Waals surface area contributed by atoms with Crippen LogP contribution in [0.15, 0.2) is 22.8 Å². The molecule has 1 rings (SSSR count). The number of hydrogen-bond donors (Lipinski definition) is 1. The lowest BCUT2D eigenvalue weighted by molar-refractivity contribution is 0.0414. The van der Waals surface area contributed by atoms with Crippen molar-refractivity contribution in [3.8, 4) is 0 Å². The lowest BCUT2D eigenvalue weighted by Gasteiger charge is -2.23. The van der Waals surface area contributed by atoms with Gasteiger partial charge in [0.2, 0.25) is 0 Å². The normalized spacial score (nSPS) is 15.1. The van der Waals surface area contributed by atoms with E-state index in [0.717, 1.165) is 25.3 Å². The third kappa shape index (κ3) is 3.68. The molecule has 0 bridgehead atoms. The van der Waals surface area contributed by atoms with Crippen LogP contribution in [0.2, 0.25) is 0 Å². The third-order valence-corrected chi connectivity index (χ3v) is 2.36. The van der Waals surface area contributed by atoms with Crippen LogP contribution in [-0.4, -0.2) is 19.3 Å². The molecule has 2 atom stereocenters. The van der Waals surface area contributed by atoms with Gasteiger partial charge in [-0.05, 0) is 38.9 Å². The molecule has 0 aliphatic rings. The number of ether oxygens (including phenoxy) is 1. The van der Waals surface area contributed by atoms with Crippen LogP contribution in [0.25, 0.3) is 0 Å². The van der Waals surface area contributed by atoms with Gasteiger partial charge in [-0.2, -0.15) is 0 Å². The highest BCUT2D eigenvalue weighted by molar-refractivity contribution is 5.06. The molecule has 86 valence electrons. The Morgan fingerprint density at radius 3 is 2.80 bits per heavy atom.